The van der Waals surface area contributed by atoms with E-state index in [1.54, 1.807) is 0 Å². The van der Waals surface area contributed by atoms with Gasteiger partial charge >= 0.3 is 6.03 Å². The van der Waals surface area contributed by atoms with Crippen molar-refractivity contribution in [2.24, 2.45) is 5.92 Å². The molecule has 2 saturated heterocycles. The number of ether oxygens (including phenoxy) is 1. The molecule has 3 fully saturated rings. The molecule has 0 radical (unpaired) electrons. The minimum Gasteiger partial charge on any atom is -0.379 e. The maximum absolute atomic E-state index is 13.0. The van der Waals surface area contributed by atoms with Gasteiger partial charge in [-0.25, -0.2) is 4.79 Å². The maximum Gasteiger partial charge on any atom is 0.325 e. The van der Waals surface area contributed by atoms with Crippen LogP contribution in [0.25, 0.3) is 0 Å². The molecule has 2 N–H and O–H groups in total. The molecular weight excluding hydrogens is 432 g/mol. The summed E-state index contributed by atoms with van der Waals surface area (Å²) in [5, 5.41) is 6.42. The zero-order valence-corrected chi connectivity index (χ0v) is 19.2. The molecule has 1 aromatic carbocycles. The normalized spacial score (nSPS) is 27.4. The number of morpholine rings is 1. The number of carbonyl (C=O) groups is 3. The standard InChI is InChI=1S/C23H31ClN4O4/c1-16-6-8-23(9-7-16)21(30)28(22(31)26-23)15-20(29)25-14-19(27-10-12-32-13-11-27)17-4-2-3-5-18(17)24/h2-5,16,19H,6-15H2,1H3,(H,25,29)(H,26,31). The van der Waals surface area contributed by atoms with Crippen LogP contribution in [0.15, 0.2) is 24.3 Å². The van der Waals surface area contributed by atoms with E-state index in [-0.39, 0.29) is 24.4 Å². The number of nitrogens with zero attached hydrogens (tertiary/aromatic N) is 2. The molecule has 1 saturated carbocycles. The number of hydrogen-bond acceptors (Lipinski definition) is 5. The molecule has 1 aliphatic carbocycles. The van der Waals surface area contributed by atoms with Gasteiger partial charge in [0.15, 0.2) is 0 Å². The van der Waals surface area contributed by atoms with Crippen LogP contribution in [-0.4, -0.2) is 72.6 Å². The van der Waals surface area contributed by atoms with Crippen LogP contribution in [0.3, 0.4) is 0 Å². The highest BCUT2D eigenvalue weighted by molar-refractivity contribution is 6.31. The third-order valence-corrected chi connectivity index (χ3v) is 7.26. The number of carbonyl (C=O) groups excluding carboxylic acids is 3. The molecule has 174 valence electrons. The molecule has 4 amide bonds. The Morgan fingerprint density at radius 3 is 2.62 bits per heavy atom. The van der Waals surface area contributed by atoms with Gasteiger partial charge in [0, 0.05) is 24.7 Å². The number of rotatable bonds is 6. The van der Waals surface area contributed by atoms with Gasteiger partial charge < -0.3 is 15.4 Å². The summed E-state index contributed by atoms with van der Waals surface area (Å²) in [6.07, 6.45) is 3.04. The smallest absolute Gasteiger partial charge is 0.325 e. The van der Waals surface area contributed by atoms with Crippen LogP contribution in [0, 0.1) is 5.92 Å². The number of nitrogens with one attached hydrogen (secondary N) is 2. The third kappa shape index (κ3) is 4.77. The van der Waals surface area contributed by atoms with Crippen molar-refractivity contribution in [3.8, 4) is 0 Å². The van der Waals surface area contributed by atoms with Crippen molar-refractivity contribution in [3.63, 3.8) is 0 Å². The Morgan fingerprint density at radius 2 is 1.94 bits per heavy atom. The summed E-state index contributed by atoms with van der Waals surface area (Å²) in [6, 6.07) is 7.00. The van der Waals surface area contributed by atoms with E-state index in [9.17, 15) is 14.4 Å². The Bertz CT molecular complexity index is 865. The monoisotopic (exact) mass is 462 g/mol. The van der Waals surface area contributed by atoms with Gasteiger partial charge in [0.25, 0.3) is 5.91 Å². The molecule has 0 bridgehead atoms. The van der Waals surface area contributed by atoms with Gasteiger partial charge in [-0.1, -0.05) is 36.7 Å². The van der Waals surface area contributed by atoms with Crippen molar-refractivity contribution in [1.29, 1.82) is 0 Å². The summed E-state index contributed by atoms with van der Waals surface area (Å²) in [4.78, 5) is 41.6. The molecule has 1 aromatic rings. The van der Waals surface area contributed by atoms with Crippen molar-refractivity contribution in [2.75, 3.05) is 39.4 Å². The molecule has 2 heterocycles. The zero-order valence-electron chi connectivity index (χ0n) is 18.4. The molecule has 1 atom stereocenters. The van der Waals surface area contributed by atoms with Gasteiger partial charge in [0.2, 0.25) is 5.91 Å². The molecule has 0 aromatic heterocycles. The zero-order chi connectivity index (χ0) is 22.7. The third-order valence-electron chi connectivity index (χ3n) is 6.92. The lowest BCUT2D eigenvalue weighted by Gasteiger charge is -2.35. The number of urea groups is 1. The maximum atomic E-state index is 13.0. The summed E-state index contributed by atoms with van der Waals surface area (Å²) in [7, 11) is 0. The van der Waals surface area contributed by atoms with E-state index in [1.807, 2.05) is 24.3 Å². The van der Waals surface area contributed by atoms with Crippen LogP contribution < -0.4 is 10.6 Å². The van der Waals surface area contributed by atoms with Crippen LogP contribution in [0.5, 0.6) is 0 Å². The van der Waals surface area contributed by atoms with Crippen molar-refractivity contribution >= 4 is 29.4 Å². The molecule has 8 nitrogen and oxygen atoms in total. The van der Waals surface area contributed by atoms with Crippen molar-refractivity contribution in [1.82, 2.24) is 20.4 Å². The average Bonchev–Trinajstić information content (AvgIpc) is 3.02. The van der Waals surface area contributed by atoms with E-state index < -0.39 is 11.6 Å². The highest BCUT2D eigenvalue weighted by Crippen LogP contribution is 2.36. The molecule has 2 aliphatic heterocycles. The largest absolute Gasteiger partial charge is 0.379 e. The highest BCUT2D eigenvalue weighted by atomic mass is 35.5. The molecule has 1 unspecified atom stereocenters. The molecule has 9 heteroatoms. The average molecular weight is 463 g/mol. The Balaban J connectivity index is 1.40. The number of benzene rings is 1. The number of hydrogen-bond donors (Lipinski definition) is 2. The number of imide groups is 1. The van der Waals surface area contributed by atoms with Crippen LogP contribution in [0.2, 0.25) is 5.02 Å². The summed E-state index contributed by atoms with van der Waals surface area (Å²) in [5.41, 5.74) is 0.0965. The SMILES string of the molecule is CC1CCC2(CC1)NC(=O)N(CC(=O)NCC(c1ccccc1Cl)N1CCOCC1)C2=O. The quantitative estimate of drug-likeness (QED) is 0.633. The molecule has 1 spiro atoms. The number of halogens is 1. The lowest BCUT2D eigenvalue weighted by Crippen LogP contribution is -2.50. The van der Waals surface area contributed by atoms with Gasteiger partial charge in [-0.3, -0.25) is 19.4 Å². The van der Waals surface area contributed by atoms with E-state index in [0.717, 1.165) is 36.4 Å². The van der Waals surface area contributed by atoms with E-state index in [1.165, 1.54) is 0 Å². The molecule has 3 aliphatic rings. The minimum atomic E-state index is -0.836. The lowest BCUT2D eigenvalue weighted by atomic mass is 9.77. The van der Waals surface area contributed by atoms with Gasteiger partial charge in [0.05, 0.1) is 19.3 Å². The number of amides is 4. The lowest BCUT2D eigenvalue weighted by molar-refractivity contribution is -0.136. The first-order valence-corrected chi connectivity index (χ1v) is 11.7. The van der Waals surface area contributed by atoms with Gasteiger partial charge in [-0.2, -0.15) is 0 Å². The van der Waals surface area contributed by atoms with Crippen molar-refractivity contribution < 1.29 is 19.1 Å². The summed E-state index contributed by atoms with van der Waals surface area (Å²) in [5.74, 6) is -0.0926. The molecular formula is C23H31ClN4O4. The predicted octanol–water partition coefficient (Wildman–Crippen LogP) is 2.33. The van der Waals surface area contributed by atoms with Gasteiger partial charge in [0.1, 0.15) is 12.1 Å². The fourth-order valence-electron chi connectivity index (χ4n) is 4.89. The fourth-order valence-corrected chi connectivity index (χ4v) is 5.16. The second-order valence-corrected chi connectivity index (χ2v) is 9.48. The fraction of sp³-hybridized carbons (Fsp3) is 0.609. The molecule has 4 rings (SSSR count). The van der Waals surface area contributed by atoms with Crippen LogP contribution in [0.1, 0.15) is 44.2 Å². The minimum absolute atomic E-state index is 0.120. The second-order valence-electron chi connectivity index (χ2n) is 9.08. The summed E-state index contributed by atoms with van der Waals surface area (Å²) < 4.78 is 5.46. The van der Waals surface area contributed by atoms with E-state index >= 15 is 0 Å². The van der Waals surface area contributed by atoms with Gasteiger partial charge in [-0.15, -0.1) is 0 Å². The summed E-state index contributed by atoms with van der Waals surface area (Å²) in [6.45, 7) is 4.92. The highest BCUT2D eigenvalue weighted by Gasteiger charge is 2.52. The van der Waals surface area contributed by atoms with Crippen LogP contribution in [0.4, 0.5) is 4.79 Å². The van der Waals surface area contributed by atoms with Crippen molar-refractivity contribution in [2.45, 2.75) is 44.2 Å². The van der Waals surface area contributed by atoms with Crippen molar-refractivity contribution in [3.05, 3.63) is 34.9 Å². The van der Waals surface area contributed by atoms with Crippen LogP contribution in [-0.2, 0) is 14.3 Å². The second kappa shape index (κ2) is 9.77. The first kappa shape index (κ1) is 23.0. The topological polar surface area (TPSA) is 91.0 Å². The predicted molar refractivity (Wildman–Crippen MR) is 120 cm³/mol. The van der Waals surface area contributed by atoms with E-state index in [4.69, 9.17) is 16.3 Å². The Morgan fingerprint density at radius 1 is 1.25 bits per heavy atom. The summed E-state index contributed by atoms with van der Waals surface area (Å²) >= 11 is 6.45. The van der Waals surface area contributed by atoms with Gasteiger partial charge in [-0.05, 0) is 43.2 Å². The Kier molecular flexibility index (Phi) is 7.02. The Labute approximate surface area is 193 Å². The van der Waals surface area contributed by atoms with E-state index in [0.29, 0.717) is 43.5 Å². The van der Waals surface area contributed by atoms with Crippen LogP contribution >= 0.6 is 11.6 Å². The first-order valence-electron chi connectivity index (χ1n) is 11.4. The molecule has 32 heavy (non-hydrogen) atoms. The van der Waals surface area contributed by atoms with E-state index in [2.05, 4.69) is 22.5 Å². The Hall–Kier alpha value is -2.16. The first-order chi connectivity index (χ1) is 15.4.